The van der Waals surface area contributed by atoms with Gasteiger partial charge in [-0.25, -0.2) is 0 Å². The van der Waals surface area contributed by atoms with E-state index in [1.807, 2.05) is 88.6 Å². The summed E-state index contributed by atoms with van der Waals surface area (Å²) in [6.07, 6.45) is 4.53. The van der Waals surface area contributed by atoms with Gasteiger partial charge in [0.25, 0.3) is 0 Å². The van der Waals surface area contributed by atoms with Crippen molar-refractivity contribution >= 4 is 11.9 Å². The molecule has 0 saturated heterocycles. The number of aliphatic carboxylic acids is 2. The predicted molar refractivity (Wildman–Crippen MR) is 227 cm³/mol. The van der Waals surface area contributed by atoms with E-state index >= 15 is 0 Å². The van der Waals surface area contributed by atoms with Crippen LogP contribution in [0, 0.1) is 0 Å². The summed E-state index contributed by atoms with van der Waals surface area (Å²) in [6, 6.07) is 17.4. The number of hydrogen-bond donors (Lipinski definition) is 0. The number of methoxy groups -OCH3 is 3. The Morgan fingerprint density at radius 3 is 1.89 bits per heavy atom. The molecule has 326 valence electrons. The second-order valence-electron chi connectivity index (χ2n) is 17.1. The normalized spacial score (nSPS) is 22.6. The molecule has 4 aliphatic rings. The Labute approximate surface area is 359 Å². The van der Waals surface area contributed by atoms with E-state index in [-0.39, 0.29) is 15.0 Å². The van der Waals surface area contributed by atoms with Crippen molar-refractivity contribution in [1.82, 2.24) is 0 Å². The van der Waals surface area contributed by atoms with Gasteiger partial charge in [0.05, 0.1) is 72.6 Å². The molecule has 12 heteroatoms. The van der Waals surface area contributed by atoms with Crippen LogP contribution in [0.4, 0.5) is 0 Å². The minimum Gasteiger partial charge on any atom is -0.544 e. The largest absolute Gasteiger partial charge is 0.544 e. The van der Waals surface area contributed by atoms with Crippen LogP contribution in [0.15, 0.2) is 60.7 Å². The van der Waals surface area contributed by atoms with Crippen LogP contribution in [0.5, 0.6) is 46.0 Å². The van der Waals surface area contributed by atoms with Crippen LogP contribution in [0.2, 0.25) is 0 Å². The molecule has 0 radical (unpaired) electrons. The molecule has 4 aromatic carbocycles. The summed E-state index contributed by atoms with van der Waals surface area (Å²) in [7, 11) is 8.85. The first-order chi connectivity index (χ1) is 29.3. The lowest BCUT2D eigenvalue weighted by molar-refractivity contribution is -0.958. The number of fused-ring (bicyclic) bond motifs is 2. The van der Waals surface area contributed by atoms with Gasteiger partial charge in [-0.15, -0.1) is 0 Å². The van der Waals surface area contributed by atoms with Gasteiger partial charge >= 0.3 is 0 Å². The van der Waals surface area contributed by atoms with Crippen molar-refractivity contribution in [3.8, 4) is 46.0 Å². The second-order valence-corrected chi connectivity index (χ2v) is 17.1. The number of benzene rings is 4. The summed E-state index contributed by atoms with van der Waals surface area (Å²) in [6.45, 7) is 7.38. The van der Waals surface area contributed by atoms with Gasteiger partial charge in [-0.3, -0.25) is 0 Å². The van der Waals surface area contributed by atoms with E-state index in [0.29, 0.717) is 104 Å². The monoisotopic (exact) mass is 836 g/mol. The molecule has 0 aromatic heterocycles. The lowest BCUT2D eigenvalue weighted by Crippen LogP contribution is -2.63. The Morgan fingerprint density at radius 1 is 0.705 bits per heavy atom. The minimum absolute atomic E-state index is 0.146. The highest BCUT2D eigenvalue weighted by Gasteiger charge is 2.49. The molecule has 0 fully saturated rings. The SMILES string of the molecule is CCCCOc1c(OC)cc2c3c1Oc1cc4c(cc1OC)CC[N+](C)(C(CC)C(=O)[O-])C4Cc1ccc(cc1)Oc1cc(ccc1OC)CC3[N+](C)(C(CC)C(=O)[O-])CC2. The fourth-order valence-corrected chi connectivity index (χ4v) is 10.3. The van der Waals surface area contributed by atoms with Gasteiger partial charge in [0.15, 0.2) is 34.5 Å². The number of hydrogen-bond acceptors (Lipinski definition) is 10. The van der Waals surface area contributed by atoms with Crippen molar-refractivity contribution < 1.29 is 57.2 Å². The Kier molecular flexibility index (Phi) is 12.8. The fraction of sp³-hybridized carbons (Fsp3) is 0.469. The third-order valence-corrected chi connectivity index (χ3v) is 13.7. The number of quaternary nitrogens is 2. The van der Waals surface area contributed by atoms with Gasteiger partial charge in [-0.1, -0.05) is 45.4 Å². The highest BCUT2D eigenvalue weighted by Crippen LogP contribution is 2.55. The van der Waals surface area contributed by atoms with Crippen molar-refractivity contribution in [2.45, 2.75) is 96.3 Å². The number of likely N-dealkylation sites (N-methyl/N-ethyl adjacent to an activating group) is 2. The summed E-state index contributed by atoms with van der Waals surface area (Å²) in [4.78, 5) is 26.0. The molecule has 6 atom stereocenters. The van der Waals surface area contributed by atoms with Gasteiger partial charge in [-0.05, 0) is 71.1 Å². The van der Waals surface area contributed by atoms with Crippen LogP contribution < -0.4 is 38.6 Å². The summed E-state index contributed by atoms with van der Waals surface area (Å²) in [5, 5.41) is 26.0. The molecule has 4 aliphatic heterocycles. The first-order valence-corrected chi connectivity index (χ1v) is 21.6. The number of unbranched alkanes of at least 4 members (excludes halogenated alkanes) is 1. The first kappa shape index (κ1) is 43.6. The molecule has 4 aromatic rings. The average molecular weight is 837 g/mol. The Bertz CT molecular complexity index is 2260. The molecular formula is C49H60N2O10. The third kappa shape index (κ3) is 8.08. The maximum atomic E-state index is 13.1. The van der Waals surface area contributed by atoms with E-state index in [9.17, 15) is 19.8 Å². The van der Waals surface area contributed by atoms with Crippen LogP contribution in [-0.4, -0.2) is 88.1 Å². The second kappa shape index (κ2) is 17.9. The molecule has 0 aliphatic carbocycles. The standard InChI is InChI=1S/C49H60N2O10/c1-9-12-23-59-46-44(58-8)28-33-20-22-51(5,37(11-3)49(54)55)39-25-31-15-18-40(56-6)42(26-31)60-34-16-13-30(14-17-34)24-38-35-29-43(61-47(46)45(33)39)41(57-7)27-32(35)19-21-50(38,4)36(10-2)48(52)53/h13-18,26-29,36-39H,9-12,19-25H2,1-8H3. The smallest absolute Gasteiger partial charge is 0.204 e. The zero-order valence-corrected chi connectivity index (χ0v) is 36.8. The van der Waals surface area contributed by atoms with Crippen LogP contribution in [0.1, 0.15) is 91.9 Å². The van der Waals surface area contributed by atoms with E-state index in [0.717, 1.165) is 46.2 Å². The van der Waals surface area contributed by atoms with Crippen molar-refractivity contribution in [3.63, 3.8) is 0 Å². The van der Waals surface area contributed by atoms with Gasteiger partial charge in [-0.2, -0.15) is 0 Å². The zero-order chi connectivity index (χ0) is 43.6. The van der Waals surface area contributed by atoms with Crippen LogP contribution in [0.25, 0.3) is 0 Å². The molecule has 4 heterocycles. The molecule has 0 spiro atoms. The molecular weight excluding hydrogens is 777 g/mol. The Hall–Kier alpha value is -5.46. The van der Waals surface area contributed by atoms with Crippen LogP contribution >= 0.6 is 0 Å². The van der Waals surface area contributed by atoms with Crippen molar-refractivity contribution in [2.24, 2.45) is 0 Å². The molecule has 0 amide bonds. The summed E-state index contributed by atoms with van der Waals surface area (Å²) in [5.41, 5.74) is 5.69. The number of ether oxygens (including phenoxy) is 6. The topological polar surface area (TPSA) is 136 Å². The number of carboxylic acids is 2. The van der Waals surface area contributed by atoms with Crippen molar-refractivity contribution in [3.05, 3.63) is 94.0 Å². The maximum Gasteiger partial charge on any atom is 0.204 e. The lowest BCUT2D eigenvalue weighted by Gasteiger charge is -2.51. The van der Waals surface area contributed by atoms with Crippen LogP contribution in [-0.2, 0) is 35.3 Å². The maximum absolute atomic E-state index is 13.1. The van der Waals surface area contributed by atoms with E-state index in [1.54, 1.807) is 21.3 Å². The highest BCUT2D eigenvalue weighted by molar-refractivity contribution is 5.71. The molecule has 0 saturated carbocycles. The van der Waals surface area contributed by atoms with Gasteiger partial charge in [0, 0.05) is 44.1 Å². The molecule has 6 unspecified atom stereocenters. The third-order valence-electron chi connectivity index (χ3n) is 13.7. The Balaban J connectivity index is 1.56. The van der Waals surface area contributed by atoms with Gasteiger partial charge in [0.2, 0.25) is 5.75 Å². The van der Waals surface area contributed by atoms with Gasteiger partial charge < -0.3 is 57.2 Å². The molecule has 61 heavy (non-hydrogen) atoms. The Morgan fingerprint density at radius 2 is 1.28 bits per heavy atom. The highest BCUT2D eigenvalue weighted by atomic mass is 16.6. The number of carbonyl (C=O) groups is 2. The minimum atomic E-state index is -1.11. The van der Waals surface area contributed by atoms with E-state index < -0.39 is 30.1 Å². The number of rotatable bonds is 13. The molecule has 12 nitrogen and oxygen atoms in total. The number of carboxylic acid groups (broad SMARTS) is 2. The summed E-state index contributed by atoms with van der Waals surface area (Å²) >= 11 is 0. The molecule has 8 rings (SSSR count). The fourth-order valence-electron chi connectivity index (χ4n) is 10.3. The zero-order valence-electron chi connectivity index (χ0n) is 36.8. The lowest BCUT2D eigenvalue weighted by atomic mass is 9.83. The summed E-state index contributed by atoms with van der Waals surface area (Å²) in [5.74, 6) is 1.78. The first-order valence-electron chi connectivity index (χ1n) is 21.6. The molecule has 6 bridgehead atoms. The average Bonchev–Trinajstić information content (AvgIpc) is 3.24. The van der Waals surface area contributed by atoms with Gasteiger partial charge in [0.1, 0.15) is 29.9 Å². The number of nitrogens with zero attached hydrogens (tertiary/aromatic N) is 2. The summed E-state index contributed by atoms with van der Waals surface area (Å²) < 4.78 is 38.8. The number of carbonyl (C=O) groups excluding carboxylic acids is 2. The van der Waals surface area contributed by atoms with E-state index in [4.69, 9.17) is 28.4 Å². The van der Waals surface area contributed by atoms with Crippen LogP contribution in [0.3, 0.4) is 0 Å². The molecule has 0 N–H and O–H groups in total. The van der Waals surface area contributed by atoms with Crippen molar-refractivity contribution in [1.29, 1.82) is 0 Å². The van der Waals surface area contributed by atoms with Crippen molar-refractivity contribution in [2.75, 3.05) is 55.1 Å². The van der Waals surface area contributed by atoms with E-state index in [1.165, 1.54) is 0 Å². The predicted octanol–water partition coefficient (Wildman–Crippen LogP) is 6.42. The quantitative estimate of drug-likeness (QED) is 0.110. The van der Waals surface area contributed by atoms with E-state index in [2.05, 4.69) is 6.92 Å².